The lowest BCUT2D eigenvalue weighted by Crippen LogP contribution is -2.53. The van der Waals surface area contributed by atoms with Crippen LogP contribution in [0, 0.1) is 0 Å². The van der Waals surface area contributed by atoms with Crippen molar-refractivity contribution < 1.29 is 19.0 Å². The van der Waals surface area contributed by atoms with Gasteiger partial charge in [0.2, 0.25) is 12.4 Å². The van der Waals surface area contributed by atoms with Gasteiger partial charge in [-0.3, -0.25) is 0 Å². The molecule has 1 rings (SSSR count). The number of rotatable bonds is 4. The Morgan fingerprint density at radius 1 is 1.36 bits per heavy atom. The lowest BCUT2D eigenvalue weighted by atomic mass is 10.2. The van der Waals surface area contributed by atoms with Crippen LogP contribution in [-0.4, -0.2) is 31.6 Å². The Morgan fingerprint density at radius 3 is 2.45 bits per heavy atom. The largest absolute Gasteiger partial charge is 0.430 e. The highest BCUT2D eigenvalue weighted by Gasteiger charge is 2.44. The van der Waals surface area contributed by atoms with Crippen LogP contribution in [0.2, 0.25) is 0 Å². The Bertz CT molecular complexity index is 145. The van der Waals surface area contributed by atoms with E-state index in [9.17, 15) is 4.79 Å². The summed E-state index contributed by atoms with van der Waals surface area (Å²) in [5, 5.41) is 0. The molecule has 1 aliphatic rings. The van der Waals surface area contributed by atoms with Gasteiger partial charge >= 0.3 is 5.97 Å². The van der Waals surface area contributed by atoms with Crippen LogP contribution in [0.25, 0.3) is 0 Å². The smallest absolute Gasteiger partial charge is 0.344 e. The van der Waals surface area contributed by atoms with Crippen LogP contribution in [0.15, 0.2) is 0 Å². The van der Waals surface area contributed by atoms with Gasteiger partial charge in [0.05, 0.1) is 0 Å². The van der Waals surface area contributed by atoms with Gasteiger partial charge in [-0.25, -0.2) is 4.79 Å². The highest BCUT2D eigenvalue weighted by Crippen LogP contribution is 2.18. The average molecular weight is 160 g/mol. The second-order valence-corrected chi connectivity index (χ2v) is 2.14. The second kappa shape index (κ2) is 3.69. The summed E-state index contributed by atoms with van der Waals surface area (Å²) in [6.45, 7) is 4.70. The summed E-state index contributed by atoms with van der Waals surface area (Å²) in [5.74, 6) is -0.328. The SMILES string of the molecule is CCOC1C(=O)O[C@@H]1OCC. The number of cyclic esters (lactones) is 1. The van der Waals surface area contributed by atoms with Crippen molar-refractivity contribution in [1.29, 1.82) is 0 Å². The first-order valence-electron chi connectivity index (χ1n) is 3.73. The molecule has 0 aromatic heterocycles. The molecular formula is C7H12O4. The van der Waals surface area contributed by atoms with Gasteiger partial charge in [-0.15, -0.1) is 0 Å². The minimum Gasteiger partial charge on any atom is -0.430 e. The fraction of sp³-hybridized carbons (Fsp3) is 0.857. The molecule has 0 amide bonds. The van der Waals surface area contributed by atoms with Crippen molar-refractivity contribution in [3.8, 4) is 0 Å². The van der Waals surface area contributed by atoms with Gasteiger partial charge in [0.25, 0.3) is 0 Å². The number of hydrogen-bond acceptors (Lipinski definition) is 4. The Balaban J connectivity index is 2.29. The van der Waals surface area contributed by atoms with Crippen molar-refractivity contribution >= 4 is 5.97 Å². The summed E-state index contributed by atoms with van der Waals surface area (Å²) < 4.78 is 14.8. The van der Waals surface area contributed by atoms with Crippen LogP contribution in [0.5, 0.6) is 0 Å². The zero-order valence-electron chi connectivity index (χ0n) is 6.70. The van der Waals surface area contributed by atoms with E-state index in [1.165, 1.54) is 0 Å². The molecular weight excluding hydrogens is 148 g/mol. The fourth-order valence-electron chi connectivity index (χ4n) is 0.894. The van der Waals surface area contributed by atoms with Crippen molar-refractivity contribution in [2.24, 2.45) is 0 Å². The van der Waals surface area contributed by atoms with Gasteiger partial charge in [-0.05, 0) is 13.8 Å². The van der Waals surface area contributed by atoms with Crippen molar-refractivity contribution in [3.05, 3.63) is 0 Å². The predicted molar refractivity (Wildman–Crippen MR) is 36.9 cm³/mol. The first-order chi connectivity index (χ1) is 5.29. The van der Waals surface area contributed by atoms with Crippen molar-refractivity contribution in [2.45, 2.75) is 26.2 Å². The molecule has 1 unspecified atom stereocenters. The number of ether oxygens (including phenoxy) is 3. The van der Waals surface area contributed by atoms with Gasteiger partial charge in [0.1, 0.15) is 0 Å². The molecule has 0 saturated carbocycles. The van der Waals surface area contributed by atoms with Crippen LogP contribution < -0.4 is 0 Å². The molecule has 0 aromatic carbocycles. The molecule has 11 heavy (non-hydrogen) atoms. The Labute approximate surface area is 65.4 Å². The quantitative estimate of drug-likeness (QED) is 0.555. The molecule has 0 bridgehead atoms. The third-order valence-electron chi connectivity index (χ3n) is 1.39. The van der Waals surface area contributed by atoms with Gasteiger partial charge in [0.15, 0.2) is 0 Å². The maximum atomic E-state index is 10.7. The zero-order chi connectivity index (χ0) is 8.27. The zero-order valence-corrected chi connectivity index (χ0v) is 6.70. The summed E-state index contributed by atoms with van der Waals surface area (Å²) in [7, 11) is 0. The Hall–Kier alpha value is -0.610. The molecule has 2 atom stereocenters. The Kier molecular flexibility index (Phi) is 2.84. The lowest BCUT2D eigenvalue weighted by molar-refractivity contribution is -0.265. The van der Waals surface area contributed by atoms with E-state index in [-0.39, 0.29) is 5.97 Å². The van der Waals surface area contributed by atoms with Crippen LogP contribution in [-0.2, 0) is 19.0 Å². The third-order valence-corrected chi connectivity index (χ3v) is 1.39. The van der Waals surface area contributed by atoms with Gasteiger partial charge < -0.3 is 14.2 Å². The van der Waals surface area contributed by atoms with Gasteiger partial charge in [-0.1, -0.05) is 0 Å². The molecule has 1 aliphatic heterocycles. The highest BCUT2D eigenvalue weighted by molar-refractivity contribution is 5.80. The van der Waals surface area contributed by atoms with E-state index >= 15 is 0 Å². The molecule has 0 N–H and O–H groups in total. The maximum Gasteiger partial charge on any atom is 0.344 e. The van der Waals surface area contributed by atoms with Crippen LogP contribution >= 0.6 is 0 Å². The molecule has 0 spiro atoms. The van der Waals surface area contributed by atoms with E-state index in [4.69, 9.17) is 9.47 Å². The number of hydrogen-bond donors (Lipinski definition) is 0. The summed E-state index contributed by atoms with van der Waals surface area (Å²) in [6, 6.07) is 0. The second-order valence-electron chi connectivity index (χ2n) is 2.14. The molecule has 0 aliphatic carbocycles. The summed E-state index contributed by atoms with van der Waals surface area (Å²) in [6.07, 6.45) is -0.979. The molecule has 64 valence electrons. The molecule has 1 fully saturated rings. The first kappa shape index (κ1) is 8.49. The summed E-state index contributed by atoms with van der Waals surface area (Å²) in [4.78, 5) is 10.7. The normalized spacial score (nSPS) is 29.5. The topological polar surface area (TPSA) is 44.8 Å². The summed E-state index contributed by atoms with van der Waals surface area (Å²) in [5.41, 5.74) is 0. The summed E-state index contributed by atoms with van der Waals surface area (Å²) >= 11 is 0. The van der Waals surface area contributed by atoms with E-state index in [0.29, 0.717) is 13.2 Å². The Morgan fingerprint density at radius 2 is 2.00 bits per heavy atom. The standard InChI is InChI=1S/C7H12O4/c1-3-9-5-6(8)11-7(5)10-4-2/h5,7H,3-4H2,1-2H3/t5?,7-/m0/s1. The van der Waals surface area contributed by atoms with E-state index in [2.05, 4.69) is 4.74 Å². The van der Waals surface area contributed by atoms with Crippen LogP contribution in [0.1, 0.15) is 13.8 Å². The van der Waals surface area contributed by atoms with Gasteiger partial charge in [0, 0.05) is 13.2 Å². The lowest BCUT2D eigenvalue weighted by Gasteiger charge is -2.33. The number of esters is 1. The first-order valence-corrected chi connectivity index (χ1v) is 3.73. The molecule has 1 saturated heterocycles. The minimum atomic E-state index is -0.500. The molecule has 4 heteroatoms. The van der Waals surface area contributed by atoms with Crippen LogP contribution in [0.3, 0.4) is 0 Å². The van der Waals surface area contributed by atoms with E-state index in [0.717, 1.165) is 0 Å². The number of carbonyl (C=O) groups excluding carboxylic acids is 1. The van der Waals surface area contributed by atoms with E-state index < -0.39 is 12.4 Å². The predicted octanol–water partition coefficient (Wildman–Crippen LogP) is 0.311. The van der Waals surface area contributed by atoms with Crippen molar-refractivity contribution in [3.63, 3.8) is 0 Å². The van der Waals surface area contributed by atoms with E-state index in [1.54, 1.807) is 0 Å². The van der Waals surface area contributed by atoms with Crippen molar-refractivity contribution in [1.82, 2.24) is 0 Å². The van der Waals surface area contributed by atoms with Crippen LogP contribution in [0.4, 0.5) is 0 Å². The fourth-order valence-corrected chi connectivity index (χ4v) is 0.894. The average Bonchev–Trinajstić information content (AvgIpc) is 2.00. The number of carbonyl (C=O) groups is 1. The monoisotopic (exact) mass is 160 g/mol. The van der Waals surface area contributed by atoms with Gasteiger partial charge in [-0.2, -0.15) is 0 Å². The molecule has 0 aromatic rings. The minimum absolute atomic E-state index is 0.328. The van der Waals surface area contributed by atoms with Crippen molar-refractivity contribution in [2.75, 3.05) is 13.2 Å². The molecule has 1 heterocycles. The van der Waals surface area contributed by atoms with E-state index in [1.807, 2.05) is 13.8 Å². The maximum absolute atomic E-state index is 10.7. The third kappa shape index (κ3) is 1.70. The molecule has 4 nitrogen and oxygen atoms in total. The highest BCUT2D eigenvalue weighted by atomic mass is 16.8. The molecule has 0 radical (unpaired) electrons.